The number of β-amino-alcohol motifs (C(OH)–C–C–N with tert-alkyl or cyclic N) is 1. The van der Waals surface area contributed by atoms with Gasteiger partial charge in [0.25, 0.3) is 0 Å². The van der Waals surface area contributed by atoms with Crippen molar-refractivity contribution in [2.24, 2.45) is 0 Å². The van der Waals surface area contributed by atoms with E-state index < -0.39 is 24.2 Å². The highest BCUT2D eigenvalue weighted by atomic mass is 19.4. The van der Waals surface area contributed by atoms with Crippen molar-refractivity contribution in [2.45, 2.75) is 24.7 Å². The minimum absolute atomic E-state index is 0.00420. The second-order valence-electron chi connectivity index (χ2n) is 5.04. The SMILES string of the molecule is O=C(Nc1ccc2oc(C(F)(F)F)nc2c1)C1CC(O)CN1. The summed E-state index contributed by atoms with van der Waals surface area (Å²) >= 11 is 0. The van der Waals surface area contributed by atoms with E-state index in [1.54, 1.807) is 0 Å². The largest absolute Gasteiger partial charge is 0.468 e. The molecule has 3 N–H and O–H groups in total. The van der Waals surface area contributed by atoms with Gasteiger partial charge in [-0.15, -0.1) is 0 Å². The third-order valence-electron chi connectivity index (χ3n) is 3.32. The molecule has 0 bridgehead atoms. The van der Waals surface area contributed by atoms with E-state index in [9.17, 15) is 23.1 Å². The molecule has 1 aliphatic heterocycles. The number of nitrogens with one attached hydrogen (secondary N) is 2. The number of benzene rings is 1. The molecular weight excluding hydrogens is 303 g/mol. The van der Waals surface area contributed by atoms with Crippen LogP contribution in [0, 0.1) is 0 Å². The minimum Gasteiger partial charge on any atom is -0.433 e. The highest BCUT2D eigenvalue weighted by Gasteiger charge is 2.37. The van der Waals surface area contributed by atoms with E-state index in [4.69, 9.17) is 0 Å². The molecule has 2 unspecified atom stereocenters. The summed E-state index contributed by atoms with van der Waals surface area (Å²) in [5, 5.41) is 14.8. The number of hydrogen-bond donors (Lipinski definition) is 3. The number of nitrogens with zero attached hydrogens (tertiary/aromatic N) is 1. The topological polar surface area (TPSA) is 87.4 Å². The number of carbonyl (C=O) groups is 1. The third kappa shape index (κ3) is 2.90. The Kier molecular flexibility index (Phi) is 3.53. The lowest BCUT2D eigenvalue weighted by atomic mass is 10.2. The van der Waals surface area contributed by atoms with Crippen molar-refractivity contribution in [3.05, 3.63) is 24.1 Å². The van der Waals surface area contributed by atoms with Crippen LogP contribution in [0.2, 0.25) is 0 Å². The molecule has 22 heavy (non-hydrogen) atoms. The third-order valence-corrected chi connectivity index (χ3v) is 3.32. The van der Waals surface area contributed by atoms with Crippen molar-refractivity contribution in [2.75, 3.05) is 11.9 Å². The summed E-state index contributed by atoms with van der Waals surface area (Å²) in [5.41, 5.74) is 0.298. The van der Waals surface area contributed by atoms with E-state index in [0.29, 0.717) is 12.2 Å². The zero-order valence-corrected chi connectivity index (χ0v) is 11.1. The van der Waals surface area contributed by atoms with Gasteiger partial charge in [0.15, 0.2) is 5.58 Å². The molecule has 1 amide bonds. The average Bonchev–Trinajstić information content (AvgIpc) is 3.03. The molecule has 1 aliphatic rings. The fraction of sp³-hybridized carbons (Fsp3) is 0.385. The van der Waals surface area contributed by atoms with Crippen LogP contribution in [0.25, 0.3) is 11.1 Å². The van der Waals surface area contributed by atoms with E-state index in [0.717, 1.165) is 0 Å². The van der Waals surface area contributed by atoms with E-state index in [1.807, 2.05) is 0 Å². The summed E-state index contributed by atoms with van der Waals surface area (Å²) < 4.78 is 42.2. The Morgan fingerprint density at radius 2 is 2.23 bits per heavy atom. The number of aliphatic hydroxyl groups is 1. The van der Waals surface area contributed by atoms with Gasteiger partial charge in [0, 0.05) is 12.2 Å². The first-order chi connectivity index (χ1) is 10.3. The van der Waals surface area contributed by atoms with Gasteiger partial charge in [-0.1, -0.05) is 0 Å². The number of hydrogen-bond acceptors (Lipinski definition) is 5. The van der Waals surface area contributed by atoms with Crippen molar-refractivity contribution in [3.63, 3.8) is 0 Å². The summed E-state index contributed by atoms with van der Waals surface area (Å²) in [7, 11) is 0. The number of alkyl halides is 3. The van der Waals surface area contributed by atoms with Crippen molar-refractivity contribution in [1.29, 1.82) is 0 Å². The fourth-order valence-electron chi connectivity index (χ4n) is 2.27. The second kappa shape index (κ2) is 5.25. The molecule has 118 valence electrons. The number of aliphatic hydroxyl groups excluding tert-OH is 1. The highest BCUT2D eigenvalue weighted by molar-refractivity contribution is 5.96. The molecule has 9 heteroatoms. The number of halogens is 3. The van der Waals surface area contributed by atoms with Crippen molar-refractivity contribution < 1.29 is 27.5 Å². The minimum atomic E-state index is -4.66. The lowest BCUT2D eigenvalue weighted by Gasteiger charge is -2.10. The van der Waals surface area contributed by atoms with Gasteiger partial charge in [0.05, 0.1) is 12.1 Å². The molecule has 1 aromatic heterocycles. The van der Waals surface area contributed by atoms with E-state index in [2.05, 4.69) is 20.0 Å². The maximum atomic E-state index is 12.5. The fourth-order valence-corrected chi connectivity index (χ4v) is 2.27. The lowest BCUT2D eigenvalue weighted by Crippen LogP contribution is -2.35. The number of fused-ring (bicyclic) bond motifs is 1. The first-order valence-corrected chi connectivity index (χ1v) is 6.53. The van der Waals surface area contributed by atoms with Gasteiger partial charge in [-0.05, 0) is 24.6 Å². The molecule has 0 aliphatic carbocycles. The van der Waals surface area contributed by atoms with Crippen LogP contribution in [0.1, 0.15) is 12.3 Å². The van der Waals surface area contributed by atoms with Crippen LogP contribution in [-0.2, 0) is 11.0 Å². The Labute approximate surface area is 122 Å². The summed E-state index contributed by atoms with van der Waals surface area (Å²) in [6, 6.07) is 3.51. The first kappa shape index (κ1) is 14.8. The van der Waals surface area contributed by atoms with Crippen LogP contribution < -0.4 is 10.6 Å². The zero-order chi connectivity index (χ0) is 15.9. The smallest absolute Gasteiger partial charge is 0.433 e. The quantitative estimate of drug-likeness (QED) is 0.782. The molecule has 0 spiro atoms. The molecule has 0 radical (unpaired) electrons. The van der Waals surface area contributed by atoms with Gasteiger partial charge in [0.2, 0.25) is 5.91 Å². The van der Waals surface area contributed by atoms with Gasteiger partial charge in [-0.3, -0.25) is 4.79 Å². The van der Waals surface area contributed by atoms with Gasteiger partial charge in [-0.2, -0.15) is 13.2 Å². The number of aromatic nitrogens is 1. The number of rotatable bonds is 2. The first-order valence-electron chi connectivity index (χ1n) is 6.53. The predicted octanol–water partition coefficient (Wildman–Crippen LogP) is 1.51. The van der Waals surface area contributed by atoms with E-state index in [1.165, 1.54) is 18.2 Å². The summed E-state index contributed by atoms with van der Waals surface area (Å²) in [6.45, 7) is 0.329. The number of oxazole rings is 1. The van der Waals surface area contributed by atoms with Gasteiger partial charge in [0.1, 0.15) is 5.52 Å². The molecule has 2 atom stereocenters. The molecule has 6 nitrogen and oxygen atoms in total. The van der Waals surface area contributed by atoms with Crippen molar-refractivity contribution in [3.8, 4) is 0 Å². The Hall–Kier alpha value is -2.13. The average molecular weight is 315 g/mol. The van der Waals surface area contributed by atoms with Crippen LogP contribution >= 0.6 is 0 Å². The van der Waals surface area contributed by atoms with Crippen LogP contribution in [0.3, 0.4) is 0 Å². The molecule has 1 fully saturated rings. The summed E-state index contributed by atoms with van der Waals surface area (Å²) in [5.74, 6) is -1.69. The van der Waals surface area contributed by atoms with Crippen molar-refractivity contribution >= 4 is 22.7 Å². The Morgan fingerprint density at radius 3 is 2.86 bits per heavy atom. The summed E-state index contributed by atoms with van der Waals surface area (Å²) in [4.78, 5) is 15.3. The maximum Gasteiger partial charge on any atom is 0.468 e. The van der Waals surface area contributed by atoms with Gasteiger partial charge < -0.3 is 20.2 Å². The Morgan fingerprint density at radius 1 is 1.45 bits per heavy atom. The van der Waals surface area contributed by atoms with E-state index in [-0.39, 0.29) is 23.4 Å². The monoisotopic (exact) mass is 315 g/mol. The predicted molar refractivity (Wildman–Crippen MR) is 70.1 cm³/mol. The van der Waals surface area contributed by atoms with Gasteiger partial charge in [-0.25, -0.2) is 4.98 Å². The Balaban J connectivity index is 1.78. The molecule has 1 aromatic carbocycles. The van der Waals surface area contributed by atoms with Gasteiger partial charge >= 0.3 is 12.1 Å². The molecule has 3 rings (SSSR count). The normalized spacial score (nSPS) is 22.2. The van der Waals surface area contributed by atoms with Crippen LogP contribution in [0.15, 0.2) is 22.6 Å². The van der Waals surface area contributed by atoms with Crippen molar-refractivity contribution in [1.82, 2.24) is 10.3 Å². The number of carbonyl (C=O) groups excluding carboxylic acids is 1. The molecule has 2 aromatic rings. The standard InChI is InChI=1S/C13H12F3N3O3/c14-13(15,16)12-19-8-3-6(1-2-10(8)22-12)18-11(21)9-4-7(20)5-17-9/h1-3,7,9,17,20H,4-5H2,(H,18,21). The van der Waals surface area contributed by atoms with Crippen LogP contribution in [0.5, 0.6) is 0 Å². The molecule has 2 heterocycles. The lowest BCUT2D eigenvalue weighted by molar-refractivity contribution is -0.156. The van der Waals surface area contributed by atoms with E-state index >= 15 is 0 Å². The van der Waals surface area contributed by atoms with Crippen LogP contribution in [0.4, 0.5) is 18.9 Å². The molecule has 1 saturated heterocycles. The molecule has 0 saturated carbocycles. The zero-order valence-electron chi connectivity index (χ0n) is 11.1. The maximum absolute atomic E-state index is 12.5. The summed E-state index contributed by atoms with van der Waals surface area (Å²) in [6.07, 6.45) is -4.95. The number of amides is 1. The number of anilines is 1. The second-order valence-corrected chi connectivity index (χ2v) is 5.04. The highest BCUT2D eigenvalue weighted by Crippen LogP contribution is 2.31. The Bertz CT molecular complexity index is 713. The van der Waals surface area contributed by atoms with Crippen LogP contribution in [-0.4, -0.2) is 34.7 Å². The molecular formula is C13H12F3N3O3.